The first kappa shape index (κ1) is 12.2. The third-order valence-electron chi connectivity index (χ3n) is 2.46. The molecule has 0 saturated carbocycles. The molecule has 0 aliphatic rings. The average molecular weight is 183 g/mol. The highest BCUT2D eigenvalue weighted by molar-refractivity contribution is 5.91. The lowest BCUT2D eigenvalue weighted by molar-refractivity contribution is -0.115. The molecule has 0 bridgehead atoms. The maximum Gasteiger partial charge on any atom is 0.244 e. The van der Waals surface area contributed by atoms with Crippen LogP contribution in [0.5, 0.6) is 0 Å². The molecule has 0 heterocycles. The normalized spacial score (nSPS) is 12.5. The van der Waals surface area contributed by atoms with Crippen LogP contribution in [-0.2, 0) is 4.79 Å². The topological polar surface area (TPSA) is 43.1 Å². The summed E-state index contributed by atoms with van der Waals surface area (Å²) in [6.07, 6.45) is 5.61. The summed E-state index contributed by atoms with van der Waals surface area (Å²) in [4.78, 5) is 10.9. The number of nitrogens with two attached hydrogens (primary N) is 1. The van der Waals surface area contributed by atoms with Gasteiger partial charge in [0.1, 0.15) is 0 Å². The van der Waals surface area contributed by atoms with E-state index in [1.54, 1.807) is 0 Å². The fraction of sp³-hybridized carbons (Fsp3) is 0.727. The van der Waals surface area contributed by atoms with Crippen molar-refractivity contribution in [1.82, 2.24) is 0 Å². The maximum atomic E-state index is 10.9. The van der Waals surface area contributed by atoms with Gasteiger partial charge < -0.3 is 5.73 Å². The number of hydrogen-bond acceptors (Lipinski definition) is 1. The Morgan fingerprint density at radius 3 is 2.38 bits per heavy atom. The van der Waals surface area contributed by atoms with Crippen LogP contribution in [0.1, 0.15) is 46.0 Å². The number of carbonyl (C=O) groups excluding carboxylic acids is 1. The molecule has 0 spiro atoms. The van der Waals surface area contributed by atoms with Gasteiger partial charge in [0.2, 0.25) is 5.91 Å². The van der Waals surface area contributed by atoms with E-state index in [0.29, 0.717) is 11.5 Å². The lowest BCUT2D eigenvalue weighted by Gasteiger charge is -2.14. The summed E-state index contributed by atoms with van der Waals surface area (Å²) in [7, 11) is 0. The van der Waals surface area contributed by atoms with Crippen LogP contribution < -0.4 is 5.73 Å². The van der Waals surface area contributed by atoms with Crippen LogP contribution >= 0.6 is 0 Å². The Morgan fingerprint density at radius 1 is 1.38 bits per heavy atom. The predicted molar refractivity (Wildman–Crippen MR) is 56.3 cm³/mol. The molecule has 13 heavy (non-hydrogen) atoms. The second-order valence-corrected chi connectivity index (χ2v) is 3.49. The van der Waals surface area contributed by atoms with E-state index in [4.69, 9.17) is 5.73 Å². The van der Waals surface area contributed by atoms with Gasteiger partial charge in [-0.2, -0.15) is 0 Å². The molecule has 0 radical (unpaired) electrons. The van der Waals surface area contributed by atoms with Crippen molar-refractivity contribution in [3.8, 4) is 0 Å². The Hall–Kier alpha value is -0.790. The quantitative estimate of drug-likeness (QED) is 0.478. The Kier molecular flexibility index (Phi) is 6.29. The molecule has 0 aromatic carbocycles. The summed E-state index contributed by atoms with van der Waals surface area (Å²) in [5.41, 5.74) is 5.77. The molecule has 0 fully saturated rings. The molecule has 0 aliphatic carbocycles. The first-order chi connectivity index (χ1) is 6.13. The average Bonchev–Trinajstić information content (AvgIpc) is 2.11. The molecule has 0 saturated heterocycles. The number of primary amides is 1. The molecule has 0 aromatic heterocycles. The summed E-state index contributed by atoms with van der Waals surface area (Å²) >= 11 is 0. The summed E-state index contributed by atoms with van der Waals surface area (Å²) in [5.74, 6) is -0.0487. The van der Waals surface area contributed by atoms with Crippen molar-refractivity contribution in [1.29, 1.82) is 0 Å². The summed E-state index contributed by atoms with van der Waals surface area (Å²) in [5, 5.41) is 0. The Bertz CT molecular complexity index is 175. The van der Waals surface area contributed by atoms with E-state index in [1.807, 2.05) is 0 Å². The van der Waals surface area contributed by atoms with Gasteiger partial charge in [-0.15, -0.1) is 0 Å². The molecule has 1 unspecified atom stereocenters. The molecule has 0 rings (SSSR count). The standard InChI is InChI=1S/C11H21NO/c1-4-6-7-8-10(5-2)9(3)11(12)13/h10H,3-8H2,1-2H3,(H2,12,13). The van der Waals surface area contributed by atoms with Gasteiger partial charge in [0.15, 0.2) is 0 Å². The highest BCUT2D eigenvalue weighted by Crippen LogP contribution is 2.20. The summed E-state index contributed by atoms with van der Waals surface area (Å²) in [6, 6.07) is 0. The van der Waals surface area contributed by atoms with Crippen molar-refractivity contribution < 1.29 is 4.79 Å². The van der Waals surface area contributed by atoms with Gasteiger partial charge in [0.25, 0.3) is 0 Å². The van der Waals surface area contributed by atoms with Gasteiger partial charge in [0.05, 0.1) is 0 Å². The minimum Gasteiger partial charge on any atom is -0.366 e. The van der Waals surface area contributed by atoms with Gasteiger partial charge in [-0.1, -0.05) is 39.7 Å². The molecule has 1 atom stereocenters. The first-order valence-corrected chi connectivity index (χ1v) is 5.12. The zero-order valence-corrected chi connectivity index (χ0v) is 8.81. The lowest BCUT2D eigenvalue weighted by atomic mass is 9.91. The predicted octanol–water partition coefficient (Wildman–Crippen LogP) is 2.63. The van der Waals surface area contributed by atoms with Crippen LogP contribution in [0.2, 0.25) is 0 Å². The fourth-order valence-corrected chi connectivity index (χ4v) is 1.47. The summed E-state index contributed by atoms with van der Waals surface area (Å²) in [6.45, 7) is 7.97. The third kappa shape index (κ3) is 4.71. The number of unbranched alkanes of at least 4 members (excludes halogenated alkanes) is 2. The third-order valence-corrected chi connectivity index (χ3v) is 2.46. The van der Waals surface area contributed by atoms with E-state index in [2.05, 4.69) is 20.4 Å². The zero-order valence-electron chi connectivity index (χ0n) is 8.81. The van der Waals surface area contributed by atoms with Crippen molar-refractivity contribution in [2.75, 3.05) is 0 Å². The molecular formula is C11H21NO. The smallest absolute Gasteiger partial charge is 0.244 e. The fourth-order valence-electron chi connectivity index (χ4n) is 1.47. The molecule has 2 heteroatoms. The number of hydrogen-bond donors (Lipinski definition) is 1. The van der Waals surface area contributed by atoms with Crippen LogP contribution in [0, 0.1) is 5.92 Å². The molecule has 2 N–H and O–H groups in total. The Labute approximate surface area is 81.2 Å². The van der Waals surface area contributed by atoms with E-state index in [1.165, 1.54) is 19.3 Å². The largest absolute Gasteiger partial charge is 0.366 e. The van der Waals surface area contributed by atoms with Crippen LogP contribution in [0.3, 0.4) is 0 Å². The van der Waals surface area contributed by atoms with E-state index >= 15 is 0 Å². The van der Waals surface area contributed by atoms with Gasteiger partial charge in [0, 0.05) is 5.57 Å². The van der Waals surface area contributed by atoms with E-state index < -0.39 is 0 Å². The van der Waals surface area contributed by atoms with Crippen molar-refractivity contribution in [3.63, 3.8) is 0 Å². The molecule has 76 valence electrons. The Morgan fingerprint density at radius 2 is 2.00 bits per heavy atom. The maximum absolute atomic E-state index is 10.9. The highest BCUT2D eigenvalue weighted by Gasteiger charge is 2.13. The SMILES string of the molecule is C=C(C(N)=O)C(CC)CCCCC. The monoisotopic (exact) mass is 183 g/mol. The van der Waals surface area contributed by atoms with Gasteiger partial charge in [-0.3, -0.25) is 4.79 Å². The zero-order chi connectivity index (χ0) is 10.3. The van der Waals surface area contributed by atoms with Crippen LogP contribution in [0.4, 0.5) is 0 Å². The Balaban J connectivity index is 3.88. The minimum atomic E-state index is -0.344. The van der Waals surface area contributed by atoms with Crippen LogP contribution in [-0.4, -0.2) is 5.91 Å². The van der Waals surface area contributed by atoms with Gasteiger partial charge in [-0.05, 0) is 18.8 Å². The van der Waals surface area contributed by atoms with E-state index in [-0.39, 0.29) is 5.91 Å². The second kappa shape index (κ2) is 6.70. The van der Waals surface area contributed by atoms with Crippen molar-refractivity contribution in [2.24, 2.45) is 11.7 Å². The van der Waals surface area contributed by atoms with Crippen molar-refractivity contribution >= 4 is 5.91 Å². The van der Waals surface area contributed by atoms with Crippen molar-refractivity contribution in [2.45, 2.75) is 46.0 Å². The van der Waals surface area contributed by atoms with E-state index in [9.17, 15) is 4.79 Å². The van der Waals surface area contributed by atoms with Crippen molar-refractivity contribution in [3.05, 3.63) is 12.2 Å². The van der Waals surface area contributed by atoms with Crippen LogP contribution in [0.25, 0.3) is 0 Å². The van der Waals surface area contributed by atoms with Gasteiger partial charge in [-0.25, -0.2) is 0 Å². The van der Waals surface area contributed by atoms with Crippen LogP contribution in [0.15, 0.2) is 12.2 Å². The minimum absolute atomic E-state index is 0.295. The number of carbonyl (C=O) groups is 1. The summed E-state index contributed by atoms with van der Waals surface area (Å²) < 4.78 is 0. The molecule has 0 aromatic rings. The molecule has 2 nitrogen and oxygen atoms in total. The highest BCUT2D eigenvalue weighted by atomic mass is 16.1. The van der Waals surface area contributed by atoms with Gasteiger partial charge >= 0.3 is 0 Å². The van der Waals surface area contributed by atoms with E-state index in [0.717, 1.165) is 12.8 Å². The second-order valence-electron chi connectivity index (χ2n) is 3.49. The first-order valence-electron chi connectivity index (χ1n) is 5.12. The molecule has 1 amide bonds. The number of rotatable bonds is 7. The lowest BCUT2D eigenvalue weighted by Crippen LogP contribution is -2.19. The molecule has 0 aliphatic heterocycles. The molecular weight excluding hydrogens is 162 g/mol. The number of amides is 1.